The summed E-state index contributed by atoms with van der Waals surface area (Å²) in [5.74, 6) is -0.578. The van der Waals surface area contributed by atoms with Crippen molar-refractivity contribution in [3.05, 3.63) is 29.6 Å². The Morgan fingerprint density at radius 2 is 2.14 bits per heavy atom. The van der Waals surface area contributed by atoms with Crippen LogP contribution < -0.4 is 5.32 Å². The van der Waals surface area contributed by atoms with E-state index in [1.54, 1.807) is 0 Å². The molecule has 0 aliphatic heterocycles. The largest absolute Gasteiger partial charge is 0.481 e. The Kier molecular flexibility index (Phi) is 4.67. The van der Waals surface area contributed by atoms with Gasteiger partial charge in [0, 0.05) is 24.5 Å². The van der Waals surface area contributed by atoms with Crippen LogP contribution >= 0.6 is 0 Å². The zero-order chi connectivity index (χ0) is 15.6. The van der Waals surface area contributed by atoms with Crippen LogP contribution in [0.25, 0.3) is 0 Å². The standard InChI is InChI=1S/C17H26N2O2/c1-11-5-6-13(9-18-11)10-19-15-8-7-14(16(20)21)17(3,4)12(15)2/h5-6,9,12,14-15,19H,7-8,10H2,1-4H3,(H,20,21). The number of pyridine rings is 1. The lowest BCUT2D eigenvalue weighted by atomic mass is 9.61. The molecule has 116 valence electrons. The Morgan fingerprint density at radius 3 is 2.71 bits per heavy atom. The lowest BCUT2D eigenvalue weighted by molar-refractivity contribution is -0.150. The third kappa shape index (κ3) is 3.43. The predicted molar refractivity (Wildman–Crippen MR) is 82.9 cm³/mol. The molecule has 1 saturated carbocycles. The average Bonchev–Trinajstić information content (AvgIpc) is 2.42. The van der Waals surface area contributed by atoms with Crippen LogP contribution in [0.15, 0.2) is 18.3 Å². The lowest BCUT2D eigenvalue weighted by Gasteiger charge is -2.46. The zero-order valence-electron chi connectivity index (χ0n) is 13.4. The summed E-state index contributed by atoms with van der Waals surface area (Å²) in [6.45, 7) is 9.10. The van der Waals surface area contributed by atoms with Crippen LogP contribution in [0.3, 0.4) is 0 Å². The first-order valence-electron chi connectivity index (χ1n) is 7.70. The Bertz CT molecular complexity index is 496. The Morgan fingerprint density at radius 1 is 1.43 bits per heavy atom. The van der Waals surface area contributed by atoms with Crippen LogP contribution in [0, 0.1) is 24.2 Å². The van der Waals surface area contributed by atoms with Gasteiger partial charge in [0.1, 0.15) is 0 Å². The zero-order valence-corrected chi connectivity index (χ0v) is 13.4. The van der Waals surface area contributed by atoms with E-state index < -0.39 is 5.97 Å². The molecule has 1 aromatic heterocycles. The van der Waals surface area contributed by atoms with Gasteiger partial charge in [0.2, 0.25) is 0 Å². The predicted octanol–water partition coefficient (Wildman–Crippen LogP) is 3.01. The highest BCUT2D eigenvalue weighted by Gasteiger charge is 2.45. The van der Waals surface area contributed by atoms with Gasteiger partial charge in [-0.1, -0.05) is 26.8 Å². The van der Waals surface area contributed by atoms with Gasteiger partial charge in [-0.25, -0.2) is 0 Å². The molecule has 1 aliphatic rings. The maximum Gasteiger partial charge on any atom is 0.307 e. The van der Waals surface area contributed by atoms with Gasteiger partial charge in [-0.3, -0.25) is 9.78 Å². The van der Waals surface area contributed by atoms with Crippen LogP contribution in [-0.2, 0) is 11.3 Å². The van der Waals surface area contributed by atoms with Crippen molar-refractivity contribution >= 4 is 5.97 Å². The Labute approximate surface area is 127 Å². The second kappa shape index (κ2) is 6.14. The van der Waals surface area contributed by atoms with Crippen molar-refractivity contribution in [2.75, 3.05) is 0 Å². The maximum absolute atomic E-state index is 11.4. The maximum atomic E-state index is 11.4. The molecular weight excluding hydrogens is 264 g/mol. The molecule has 0 radical (unpaired) electrons. The fraction of sp³-hybridized carbons (Fsp3) is 0.647. The van der Waals surface area contributed by atoms with Gasteiger partial charge in [0.15, 0.2) is 0 Å². The highest BCUT2D eigenvalue weighted by Crippen LogP contribution is 2.45. The van der Waals surface area contributed by atoms with E-state index in [1.807, 2.05) is 19.2 Å². The highest BCUT2D eigenvalue weighted by molar-refractivity contribution is 5.71. The summed E-state index contributed by atoms with van der Waals surface area (Å²) in [5, 5.41) is 13.0. The molecule has 0 spiro atoms. The van der Waals surface area contributed by atoms with Crippen LogP contribution in [0.2, 0.25) is 0 Å². The molecule has 2 rings (SSSR count). The van der Waals surface area contributed by atoms with E-state index in [4.69, 9.17) is 0 Å². The summed E-state index contributed by atoms with van der Waals surface area (Å²) < 4.78 is 0. The van der Waals surface area contributed by atoms with Crippen LogP contribution in [0.4, 0.5) is 0 Å². The van der Waals surface area contributed by atoms with E-state index in [9.17, 15) is 9.90 Å². The fourth-order valence-electron chi connectivity index (χ4n) is 3.38. The molecular formula is C17H26N2O2. The van der Waals surface area contributed by atoms with E-state index in [2.05, 4.69) is 37.1 Å². The molecule has 21 heavy (non-hydrogen) atoms. The van der Waals surface area contributed by atoms with Gasteiger partial charge in [0.05, 0.1) is 5.92 Å². The van der Waals surface area contributed by atoms with Crippen LogP contribution in [-0.4, -0.2) is 22.1 Å². The minimum atomic E-state index is -0.659. The summed E-state index contributed by atoms with van der Waals surface area (Å²) in [5.41, 5.74) is 2.01. The van der Waals surface area contributed by atoms with Crippen molar-refractivity contribution < 1.29 is 9.90 Å². The minimum absolute atomic E-state index is 0.187. The number of aliphatic carboxylic acids is 1. The van der Waals surface area contributed by atoms with E-state index in [0.29, 0.717) is 12.0 Å². The Hall–Kier alpha value is -1.42. The normalized spacial score (nSPS) is 28.3. The second-order valence-electron chi connectivity index (χ2n) is 6.87. The Balaban J connectivity index is 1.99. The van der Waals surface area contributed by atoms with Crippen molar-refractivity contribution in [1.82, 2.24) is 10.3 Å². The number of carboxylic acid groups (broad SMARTS) is 1. The number of nitrogens with one attached hydrogen (secondary N) is 1. The first kappa shape index (κ1) is 16.0. The molecule has 2 N–H and O–H groups in total. The summed E-state index contributed by atoms with van der Waals surface area (Å²) in [6.07, 6.45) is 3.57. The molecule has 0 bridgehead atoms. The first-order valence-corrected chi connectivity index (χ1v) is 7.70. The molecule has 1 aliphatic carbocycles. The third-order valence-corrected chi connectivity index (χ3v) is 5.28. The topological polar surface area (TPSA) is 62.2 Å². The van der Waals surface area contributed by atoms with Gasteiger partial charge >= 0.3 is 5.97 Å². The summed E-state index contributed by atoms with van der Waals surface area (Å²) in [7, 11) is 0. The molecule has 0 amide bonds. The number of aryl methyl sites for hydroxylation is 1. The van der Waals surface area contributed by atoms with Gasteiger partial charge in [-0.05, 0) is 42.7 Å². The third-order valence-electron chi connectivity index (χ3n) is 5.28. The van der Waals surface area contributed by atoms with E-state index in [0.717, 1.165) is 25.1 Å². The van der Waals surface area contributed by atoms with Crippen molar-refractivity contribution in [2.24, 2.45) is 17.3 Å². The molecule has 1 heterocycles. The van der Waals surface area contributed by atoms with Gasteiger partial charge in [-0.15, -0.1) is 0 Å². The number of rotatable bonds is 4. The van der Waals surface area contributed by atoms with E-state index in [1.165, 1.54) is 5.56 Å². The smallest absolute Gasteiger partial charge is 0.307 e. The number of aromatic nitrogens is 1. The summed E-state index contributed by atoms with van der Waals surface area (Å²) in [6, 6.07) is 4.47. The SMILES string of the molecule is Cc1ccc(CNC2CCC(C(=O)O)C(C)(C)C2C)cn1. The first-order chi connectivity index (χ1) is 9.82. The average molecular weight is 290 g/mol. The van der Waals surface area contributed by atoms with Crippen molar-refractivity contribution in [3.8, 4) is 0 Å². The van der Waals surface area contributed by atoms with Crippen LogP contribution in [0.5, 0.6) is 0 Å². The van der Waals surface area contributed by atoms with Gasteiger partial charge in [-0.2, -0.15) is 0 Å². The molecule has 0 saturated heterocycles. The van der Waals surface area contributed by atoms with Gasteiger partial charge < -0.3 is 10.4 Å². The minimum Gasteiger partial charge on any atom is -0.481 e. The molecule has 4 nitrogen and oxygen atoms in total. The number of hydrogen-bond donors (Lipinski definition) is 2. The monoisotopic (exact) mass is 290 g/mol. The molecule has 3 atom stereocenters. The molecule has 1 fully saturated rings. The number of carboxylic acids is 1. The fourth-order valence-corrected chi connectivity index (χ4v) is 3.38. The quantitative estimate of drug-likeness (QED) is 0.895. The second-order valence-corrected chi connectivity index (χ2v) is 6.87. The molecule has 0 aromatic carbocycles. The number of carbonyl (C=O) groups is 1. The van der Waals surface area contributed by atoms with E-state index >= 15 is 0 Å². The van der Waals surface area contributed by atoms with Crippen molar-refractivity contribution in [2.45, 2.75) is 53.1 Å². The number of hydrogen-bond acceptors (Lipinski definition) is 3. The van der Waals surface area contributed by atoms with Crippen molar-refractivity contribution in [3.63, 3.8) is 0 Å². The number of nitrogens with zero attached hydrogens (tertiary/aromatic N) is 1. The molecule has 4 heteroatoms. The van der Waals surface area contributed by atoms with Crippen molar-refractivity contribution in [1.29, 1.82) is 0 Å². The van der Waals surface area contributed by atoms with Gasteiger partial charge in [0.25, 0.3) is 0 Å². The summed E-state index contributed by atoms with van der Waals surface area (Å²) >= 11 is 0. The molecule has 1 aromatic rings. The van der Waals surface area contributed by atoms with Crippen LogP contribution in [0.1, 0.15) is 44.9 Å². The summed E-state index contributed by atoms with van der Waals surface area (Å²) in [4.78, 5) is 15.7. The highest BCUT2D eigenvalue weighted by atomic mass is 16.4. The van der Waals surface area contributed by atoms with E-state index in [-0.39, 0.29) is 11.3 Å². The molecule has 3 unspecified atom stereocenters. The lowest BCUT2D eigenvalue weighted by Crippen LogP contribution is -2.50.